The molecule has 1 heterocycles. The van der Waals surface area contributed by atoms with Crippen molar-refractivity contribution in [2.24, 2.45) is 4.99 Å². The summed E-state index contributed by atoms with van der Waals surface area (Å²) >= 11 is 5.92. The molecule has 1 aromatic rings. The molecule has 1 aliphatic rings. The number of rotatable bonds is 2. The quantitative estimate of drug-likeness (QED) is 0.794. The first-order chi connectivity index (χ1) is 8.19. The van der Waals surface area contributed by atoms with Crippen LogP contribution < -0.4 is 0 Å². The first-order valence-electron chi connectivity index (χ1n) is 5.66. The largest absolute Gasteiger partial charge is 0.338 e. The highest BCUT2D eigenvalue weighted by Gasteiger charge is 2.21. The number of carbonyl (C=O) groups excluding carboxylic acids is 1. The Morgan fingerprint density at radius 2 is 2.29 bits per heavy atom. The van der Waals surface area contributed by atoms with Gasteiger partial charge in [0.05, 0.1) is 6.42 Å². The Balaban J connectivity index is 2.03. The highest BCUT2D eigenvalue weighted by Crippen LogP contribution is 2.16. The molecule has 0 N–H and O–H groups in total. The molecule has 0 unspecified atom stereocenters. The van der Waals surface area contributed by atoms with E-state index in [0.29, 0.717) is 18.0 Å². The average molecular weight is 251 g/mol. The van der Waals surface area contributed by atoms with Crippen molar-refractivity contribution in [2.75, 3.05) is 13.6 Å². The van der Waals surface area contributed by atoms with E-state index in [1.807, 2.05) is 29.2 Å². The third-order valence-electron chi connectivity index (χ3n) is 2.96. The summed E-state index contributed by atoms with van der Waals surface area (Å²) in [4.78, 5) is 17.8. The third-order valence-corrected chi connectivity index (χ3v) is 3.19. The number of carbonyl (C=O) groups is 1. The lowest BCUT2D eigenvalue weighted by Crippen LogP contribution is -2.38. The average Bonchev–Trinajstić information content (AvgIpc) is 2.32. The minimum Gasteiger partial charge on any atom is -0.338 e. The number of halogens is 1. The first kappa shape index (κ1) is 12.1. The zero-order valence-corrected chi connectivity index (χ0v) is 10.6. The first-order valence-corrected chi connectivity index (χ1v) is 6.03. The molecule has 4 heteroatoms. The summed E-state index contributed by atoms with van der Waals surface area (Å²) < 4.78 is 0. The Labute approximate surface area is 106 Å². The molecule has 1 amide bonds. The summed E-state index contributed by atoms with van der Waals surface area (Å²) in [6.07, 6.45) is 1.33. The van der Waals surface area contributed by atoms with Crippen LogP contribution in [0, 0.1) is 0 Å². The molecule has 0 atom stereocenters. The van der Waals surface area contributed by atoms with Gasteiger partial charge in [-0.1, -0.05) is 23.7 Å². The van der Waals surface area contributed by atoms with Gasteiger partial charge in [-0.3, -0.25) is 9.79 Å². The molecule has 0 bridgehead atoms. The lowest BCUT2D eigenvalue weighted by Gasteiger charge is -2.27. The molecule has 0 spiro atoms. The van der Waals surface area contributed by atoms with Crippen LogP contribution in [0.15, 0.2) is 29.3 Å². The van der Waals surface area contributed by atoms with Gasteiger partial charge in [-0.2, -0.15) is 0 Å². The van der Waals surface area contributed by atoms with Crippen LogP contribution in [0.5, 0.6) is 0 Å². The second kappa shape index (κ2) is 5.32. The number of likely N-dealkylation sites (tertiary alicyclic amines) is 1. The molecular formula is C13H15ClN2O. The second-order valence-electron chi connectivity index (χ2n) is 4.16. The van der Waals surface area contributed by atoms with E-state index >= 15 is 0 Å². The molecular weight excluding hydrogens is 236 g/mol. The van der Waals surface area contributed by atoms with E-state index in [1.165, 1.54) is 0 Å². The summed E-state index contributed by atoms with van der Waals surface area (Å²) in [6, 6.07) is 7.64. The van der Waals surface area contributed by atoms with Crippen LogP contribution in [0.3, 0.4) is 0 Å². The fraction of sp³-hybridized carbons (Fsp3) is 0.385. The SMILES string of the molecule is CN=C1CCN(Cc2cccc(Cl)c2)C(=O)C1. The predicted octanol–water partition coefficient (Wildman–Crippen LogP) is 2.53. The zero-order valence-electron chi connectivity index (χ0n) is 9.82. The highest BCUT2D eigenvalue weighted by molar-refractivity contribution is 6.30. The molecule has 0 aliphatic carbocycles. The number of amides is 1. The molecule has 1 aromatic carbocycles. The van der Waals surface area contributed by atoms with Crippen molar-refractivity contribution < 1.29 is 4.79 Å². The smallest absolute Gasteiger partial charge is 0.228 e. The van der Waals surface area contributed by atoms with E-state index < -0.39 is 0 Å². The number of piperidine rings is 1. The van der Waals surface area contributed by atoms with Crippen LogP contribution in [-0.2, 0) is 11.3 Å². The number of hydrogen-bond acceptors (Lipinski definition) is 2. The van der Waals surface area contributed by atoms with Gasteiger partial charge in [-0.25, -0.2) is 0 Å². The van der Waals surface area contributed by atoms with Crippen LogP contribution in [0.1, 0.15) is 18.4 Å². The Hall–Kier alpha value is -1.35. The Bertz CT molecular complexity index is 456. The van der Waals surface area contributed by atoms with E-state index in [1.54, 1.807) is 7.05 Å². The summed E-state index contributed by atoms with van der Waals surface area (Å²) in [5, 5.41) is 0.711. The van der Waals surface area contributed by atoms with Crippen LogP contribution in [0.2, 0.25) is 5.02 Å². The van der Waals surface area contributed by atoms with Crippen LogP contribution >= 0.6 is 11.6 Å². The topological polar surface area (TPSA) is 32.7 Å². The molecule has 0 saturated carbocycles. The Morgan fingerprint density at radius 3 is 2.94 bits per heavy atom. The minimum absolute atomic E-state index is 0.150. The number of benzene rings is 1. The van der Waals surface area contributed by atoms with Crippen molar-refractivity contribution >= 4 is 23.2 Å². The minimum atomic E-state index is 0.150. The van der Waals surface area contributed by atoms with Crippen molar-refractivity contribution in [3.8, 4) is 0 Å². The molecule has 2 rings (SSSR count). The number of hydrogen-bond donors (Lipinski definition) is 0. The van der Waals surface area contributed by atoms with E-state index in [9.17, 15) is 4.79 Å². The molecule has 1 fully saturated rings. The van der Waals surface area contributed by atoms with Gasteiger partial charge in [0, 0.05) is 37.3 Å². The lowest BCUT2D eigenvalue weighted by atomic mass is 10.1. The van der Waals surface area contributed by atoms with Gasteiger partial charge in [0.25, 0.3) is 0 Å². The summed E-state index contributed by atoms with van der Waals surface area (Å²) in [6.45, 7) is 1.38. The molecule has 0 radical (unpaired) electrons. The van der Waals surface area contributed by atoms with Crippen LogP contribution in [0.25, 0.3) is 0 Å². The van der Waals surface area contributed by atoms with Crippen molar-refractivity contribution in [3.05, 3.63) is 34.9 Å². The van der Waals surface area contributed by atoms with Gasteiger partial charge >= 0.3 is 0 Å². The van der Waals surface area contributed by atoms with Crippen LogP contribution in [-0.4, -0.2) is 30.1 Å². The third kappa shape index (κ3) is 3.07. The maximum Gasteiger partial charge on any atom is 0.228 e. The summed E-state index contributed by atoms with van der Waals surface area (Å²) in [7, 11) is 1.75. The van der Waals surface area contributed by atoms with Crippen LogP contribution in [0.4, 0.5) is 0 Å². The molecule has 1 saturated heterocycles. The molecule has 90 valence electrons. The summed E-state index contributed by atoms with van der Waals surface area (Å²) in [5.74, 6) is 0.150. The van der Waals surface area contributed by atoms with Gasteiger partial charge in [0.15, 0.2) is 0 Å². The standard InChI is InChI=1S/C13H15ClN2O/c1-15-12-5-6-16(13(17)8-12)9-10-3-2-4-11(14)7-10/h2-4,7H,5-6,8-9H2,1H3. The predicted molar refractivity (Wildman–Crippen MR) is 69.5 cm³/mol. The van der Waals surface area contributed by atoms with E-state index in [0.717, 1.165) is 24.2 Å². The Kier molecular flexibility index (Phi) is 3.79. The maximum absolute atomic E-state index is 11.9. The van der Waals surface area contributed by atoms with Gasteiger partial charge in [0.2, 0.25) is 5.91 Å². The number of aliphatic imine (C=N–C) groups is 1. The van der Waals surface area contributed by atoms with Gasteiger partial charge in [0.1, 0.15) is 0 Å². The monoisotopic (exact) mass is 250 g/mol. The molecule has 3 nitrogen and oxygen atoms in total. The van der Waals surface area contributed by atoms with Crippen molar-refractivity contribution in [2.45, 2.75) is 19.4 Å². The zero-order chi connectivity index (χ0) is 12.3. The Morgan fingerprint density at radius 1 is 1.47 bits per heavy atom. The fourth-order valence-corrected chi connectivity index (χ4v) is 2.19. The fourth-order valence-electron chi connectivity index (χ4n) is 1.98. The van der Waals surface area contributed by atoms with Crippen molar-refractivity contribution in [3.63, 3.8) is 0 Å². The highest BCUT2D eigenvalue weighted by atomic mass is 35.5. The van der Waals surface area contributed by atoms with Gasteiger partial charge in [-0.05, 0) is 17.7 Å². The van der Waals surface area contributed by atoms with E-state index in [-0.39, 0.29) is 5.91 Å². The van der Waals surface area contributed by atoms with Crippen molar-refractivity contribution in [1.82, 2.24) is 4.90 Å². The number of nitrogens with zero attached hydrogens (tertiary/aromatic N) is 2. The van der Waals surface area contributed by atoms with E-state index in [2.05, 4.69) is 4.99 Å². The molecule has 1 aliphatic heterocycles. The molecule has 0 aromatic heterocycles. The van der Waals surface area contributed by atoms with Gasteiger partial charge in [-0.15, -0.1) is 0 Å². The van der Waals surface area contributed by atoms with Crippen molar-refractivity contribution in [1.29, 1.82) is 0 Å². The summed E-state index contributed by atoms with van der Waals surface area (Å²) in [5.41, 5.74) is 2.07. The molecule has 17 heavy (non-hydrogen) atoms. The normalized spacial score (nSPS) is 18.8. The van der Waals surface area contributed by atoms with Gasteiger partial charge < -0.3 is 4.90 Å². The lowest BCUT2D eigenvalue weighted by molar-refractivity contribution is -0.131. The second-order valence-corrected chi connectivity index (χ2v) is 4.60. The van der Waals surface area contributed by atoms with E-state index in [4.69, 9.17) is 11.6 Å². The maximum atomic E-state index is 11.9.